The zero-order valence-electron chi connectivity index (χ0n) is 6.85. The second-order valence-electron chi connectivity index (χ2n) is 1.44. The summed E-state index contributed by atoms with van der Waals surface area (Å²) in [6.45, 7) is 9.63. The molecule has 0 rings (SSSR count). The maximum absolute atomic E-state index is 3.60. The molecule has 0 aliphatic heterocycles. The van der Waals surface area contributed by atoms with Crippen molar-refractivity contribution in [3.05, 3.63) is 24.8 Å². The average molecular weight is 126 g/mol. The van der Waals surface area contributed by atoms with E-state index < -0.39 is 0 Å². The van der Waals surface area contributed by atoms with Crippen LogP contribution < -0.4 is 0 Å². The molecule has 0 aliphatic rings. The van der Waals surface area contributed by atoms with Crippen LogP contribution in [-0.4, -0.2) is 0 Å². The van der Waals surface area contributed by atoms with Crippen molar-refractivity contribution >= 4 is 0 Å². The van der Waals surface area contributed by atoms with E-state index in [1.165, 1.54) is 0 Å². The summed E-state index contributed by atoms with van der Waals surface area (Å²) >= 11 is 0. The average Bonchev–Trinajstić information content (AvgIpc) is 1.94. The minimum absolute atomic E-state index is 1.10. The van der Waals surface area contributed by atoms with Gasteiger partial charge >= 0.3 is 0 Å². The molecule has 0 saturated carbocycles. The van der Waals surface area contributed by atoms with E-state index in [9.17, 15) is 0 Å². The monoisotopic (exact) mass is 126 g/mol. The molecule has 9 heavy (non-hydrogen) atoms. The number of unbranched alkanes of at least 4 members (excludes halogenated alkanes) is 1. The lowest BCUT2D eigenvalue weighted by atomic mass is 10.3. The first kappa shape index (κ1) is 11.3. The van der Waals surface area contributed by atoms with E-state index in [1.54, 1.807) is 0 Å². The Labute approximate surface area is 59.3 Å². The Hall–Kier alpha value is -0.520. The van der Waals surface area contributed by atoms with Crippen LogP contribution in [0.1, 0.15) is 33.6 Å². The van der Waals surface area contributed by atoms with Gasteiger partial charge in [0, 0.05) is 0 Å². The van der Waals surface area contributed by atoms with Crippen LogP contribution in [0.2, 0.25) is 0 Å². The second kappa shape index (κ2) is 15.6. The summed E-state index contributed by atoms with van der Waals surface area (Å²) in [5, 5.41) is 0. The maximum atomic E-state index is 3.60. The molecule has 0 radical (unpaired) electrons. The summed E-state index contributed by atoms with van der Waals surface area (Å²) in [6.07, 6.45) is 8.37. The van der Waals surface area contributed by atoms with Crippen molar-refractivity contribution in [1.82, 2.24) is 0 Å². The molecule has 54 valence electrons. The van der Waals surface area contributed by atoms with Gasteiger partial charge < -0.3 is 0 Å². The molecule has 0 aliphatic carbocycles. The first-order chi connectivity index (χ1) is 4.41. The first-order valence-corrected chi connectivity index (χ1v) is 3.64. The SMILES string of the molecule is C=CCC/C=C/C.CC. The van der Waals surface area contributed by atoms with E-state index >= 15 is 0 Å². The fraction of sp³-hybridized carbons (Fsp3) is 0.556. The van der Waals surface area contributed by atoms with Crippen LogP contribution in [0.5, 0.6) is 0 Å². The van der Waals surface area contributed by atoms with Crippen LogP contribution in [0.4, 0.5) is 0 Å². The van der Waals surface area contributed by atoms with Gasteiger partial charge in [-0.25, -0.2) is 0 Å². The molecule has 0 amide bonds. The quantitative estimate of drug-likeness (QED) is 0.400. The van der Waals surface area contributed by atoms with E-state index in [0.717, 1.165) is 12.8 Å². The zero-order chi connectivity index (χ0) is 7.54. The highest BCUT2D eigenvalue weighted by Crippen LogP contribution is 1.88. The smallest absolute Gasteiger partial charge is 0.0316 e. The van der Waals surface area contributed by atoms with Gasteiger partial charge in [0.25, 0.3) is 0 Å². The summed E-state index contributed by atoms with van der Waals surface area (Å²) in [7, 11) is 0. The Morgan fingerprint density at radius 1 is 1.22 bits per heavy atom. The Morgan fingerprint density at radius 3 is 2.11 bits per heavy atom. The molecule has 0 atom stereocenters. The normalized spacial score (nSPS) is 8.33. The minimum Gasteiger partial charge on any atom is -0.103 e. The largest absolute Gasteiger partial charge is 0.103 e. The third-order valence-electron chi connectivity index (χ3n) is 0.773. The van der Waals surface area contributed by atoms with Gasteiger partial charge in [-0.05, 0) is 19.8 Å². The fourth-order valence-corrected chi connectivity index (χ4v) is 0.381. The van der Waals surface area contributed by atoms with E-state index in [-0.39, 0.29) is 0 Å². The molecule has 0 heteroatoms. The van der Waals surface area contributed by atoms with Crippen LogP contribution in [0, 0.1) is 0 Å². The first-order valence-electron chi connectivity index (χ1n) is 3.64. The van der Waals surface area contributed by atoms with Gasteiger partial charge in [-0.15, -0.1) is 6.58 Å². The summed E-state index contributed by atoms with van der Waals surface area (Å²) in [5.41, 5.74) is 0. The van der Waals surface area contributed by atoms with Gasteiger partial charge in [0.2, 0.25) is 0 Å². The molecule has 0 bridgehead atoms. The summed E-state index contributed by atoms with van der Waals surface area (Å²) in [6, 6.07) is 0. The molecule has 0 nitrogen and oxygen atoms in total. The van der Waals surface area contributed by atoms with E-state index in [2.05, 4.69) is 18.7 Å². The Bertz CT molecular complexity index is 60.4. The van der Waals surface area contributed by atoms with Crippen molar-refractivity contribution in [2.45, 2.75) is 33.6 Å². The number of hydrogen-bond acceptors (Lipinski definition) is 0. The predicted molar refractivity (Wildman–Crippen MR) is 45.6 cm³/mol. The Kier molecular flexibility index (Phi) is 19.6. The van der Waals surface area contributed by atoms with Crippen molar-refractivity contribution in [3.8, 4) is 0 Å². The van der Waals surface area contributed by atoms with Crippen LogP contribution in [0.15, 0.2) is 24.8 Å². The van der Waals surface area contributed by atoms with Gasteiger partial charge in [0.05, 0.1) is 0 Å². The van der Waals surface area contributed by atoms with E-state index in [0.29, 0.717) is 0 Å². The molecule has 0 N–H and O–H groups in total. The molecule has 0 aromatic rings. The Morgan fingerprint density at radius 2 is 1.78 bits per heavy atom. The van der Waals surface area contributed by atoms with Gasteiger partial charge in [0.15, 0.2) is 0 Å². The molecular weight excluding hydrogens is 108 g/mol. The zero-order valence-corrected chi connectivity index (χ0v) is 6.85. The second-order valence-corrected chi connectivity index (χ2v) is 1.44. The van der Waals surface area contributed by atoms with Crippen molar-refractivity contribution in [2.75, 3.05) is 0 Å². The highest BCUT2D eigenvalue weighted by molar-refractivity contribution is 4.80. The molecule has 0 aromatic heterocycles. The summed E-state index contributed by atoms with van der Waals surface area (Å²) in [4.78, 5) is 0. The minimum atomic E-state index is 1.10. The van der Waals surface area contributed by atoms with Crippen molar-refractivity contribution in [3.63, 3.8) is 0 Å². The number of hydrogen-bond donors (Lipinski definition) is 0. The predicted octanol–water partition coefficient (Wildman–Crippen LogP) is 3.55. The molecule has 0 saturated heterocycles. The van der Waals surface area contributed by atoms with Crippen LogP contribution >= 0.6 is 0 Å². The third kappa shape index (κ3) is 18.5. The molecular formula is C9H18. The van der Waals surface area contributed by atoms with Gasteiger partial charge in [-0.3, -0.25) is 0 Å². The lowest BCUT2D eigenvalue weighted by molar-refractivity contribution is 1.05. The standard InChI is InChI=1S/C7H12.C2H6/c1-3-5-7-6-4-2;1-2/h3-4,6H,1,5,7H2,2H3;1-2H3/b6-4+;. The lowest BCUT2D eigenvalue weighted by Crippen LogP contribution is -1.58. The van der Waals surface area contributed by atoms with Gasteiger partial charge in [-0.1, -0.05) is 32.1 Å². The maximum Gasteiger partial charge on any atom is -0.0316 e. The van der Waals surface area contributed by atoms with Crippen molar-refractivity contribution in [1.29, 1.82) is 0 Å². The molecule has 0 fully saturated rings. The van der Waals surface area contributed by atoms with Crippen LogP contribution in [-0.2, 0) is 0 Å². The number of rotatable bonds is 3. The summed E-state index contributed by atoms with van der Waals surface area (Å²) in [5.74, 6) is 0. The van der Waals surface area contributed by atoms with Crippen molar-refractivity contribution in [2.24, 2.45) is 0 Å². The van der Waals surface area contributed by atoms with Gasteiger partial charge in [0.1, 0.15) is 0 Å². The molecule has 0 spiro atoms. The molecule has 0 unspecified atom stereocenters. The number of allylic oxidation sites excluding steroid dienone is 3. The third-order valence-corrected chi connectivity index (χ3v) is 0.773. The fourth-order valence-electron chi connectivity index (χ4n) is 0.381. The Balaban J connectivity index is 0. The molecule has 0 aromatic carbocycles. The highest BCUT2D eigenvalue weighted by Gasteiger charge is 1.68. The van der Waals surface area contributed by atoms with Crippen LogP contribution in [0.3, 0.4) is 0 Å². The van der Waals surface area contributed by atoms with Gasteiger partial charge in [-0.2, -0.15) is 0 Å². The van der Waals surface area contributed by atoms with E-state index in [4.69, 9.17) is 0 Å². The topological polar surface area (TPSA) is 0 Å². The molecule has 0 heterocycles. The van der Waals surface area contributed by atoms with Crippen molar-refractivity contribution < 1.29 is 0 Å². The lowest BCUT2D eigenvalue weighted by Gasteiger charge is -1.79. The highest BCUT2D eigenvalue weighted by atomic mass is 13.7. The summed E-state index contributed by atoms with van der Waals surface area (Å²) < 4.78 is 0. The van der Waals surface area contributed by atoms with Crippen LogP contribution in [0.25, 0.3) is 0 Å². The van der Waals surface area contributed by atoms with E-state index in [1.807, 2.05) is 26.8 Å².